The molecule has 0 aromatic carbocycles. The monoisotopic (exact) mass is 274 g/mol. The van der Waals surface area contributed by atoms with E-state index in [0.29, 0.717) is 11.9 Å². The Kier molecular flexibility index (Phi) is 2.92. The van der Waals surface area contributed by atoms with Crippen LogP contribution in [-0.2, 0) is 0 Å². The number of aromatic nitrogens is 4. The van der Waals surface area contributed by atoms with E-state index in [9.17, 15) is 0 Å². The first kappa shape index (κ1) is 12.1. The number of nitrogens with two attached hydrogens (primary N) is 1. The second kappa shape index (κ2) is 4.60. The summed E-state index contributed by atoms with van der Waals surface area (Å²) >= 11 is 1.55. The van der Waals surface area contributed by atoms with E-state index in [2.05, 4.69) is 34.3 Å². The Hall–Kier alpha value is -1.99. The average Bonchev–Trinajstić information content (AvgIpc) is 3.06. The quantitative estimate of drug-likeness (QED) is 0.565. The summed E-state index contributed by atoms with van der Waals surface area (Å²) in [7, 11) is 0. The Balaban J connectivity index is 2.19. The van der Waals surface area contributed by atoms with Gasteiger partial charge in [-0.1, -0.05) is 13.8 Å². The maximum absolute atomic E-state index is 5.41. The van der Waals surface area contributed by atoms with Crippen molar-refractivity contribution in [2.75, 3.05) is 5.43 Å². The molecule has 0 bridgehead atoms. The fraction of sp³-hybridized carbons (Fsp3) is 0.250. The molecule has 0 aliphatic rings. The first-order chi connectivity index (χ1) is 9.19. The maximum atomic E-state index is 5.41. The van der Waals surface area contributed by atoms with Crippen molar-refractivity contribution >= 4 is 27.5 Å². The number of hydrazine groups is 1. The lowest BCUT2D eigenvalue weighted by Crippen LogP contribution is -2.12. The van der Waals surface area contributed by atoms with E-state index in [0.717, 1.165) is 21.7 Å². The molecule has 0 saturated heterocycles. The Morgan fingerprint density at radius 2 is 2.16 bits per heavy atom. The molecule has 19 heavy (non-hydrogen) atoms. The highest BCUT2D eigenvalue weighted by Gasteiger charge is 2.12. The molecule has 3 N–H and O–H groups in total. The summed E-state index contributed by atoms with van der Waals surface area (Å²) < 4.78 is 1.77. The van der Waals surface area contributed by atoms with Gasteiger partial charge in [0, 0.05) is 6.20 Å². The van der Waals surface area contributed by atoms with E-state index in [4.69, 9.17) is 5.84 Å². The summed E-state index contributed by atoms with van der Waals surface area (Å²) in [6, 6.07) is 3.99. The molecular weight excluding hydrogens is 260 g/mol. The molecule has 0 spiro atoms. The summed E-state index contributed by atoms with van der Waals surface area (Å²) in [6.07, 6.45) is 1.91. The number of hydrogen-bond donors (Lipinski definition) is 2. The minimum Gasteiger partial charge on any atom is -0.292 e. The van der Waals surface area contributed by atoms with Gasteiger partial charge in [-0.2, -0.15) is 10.1 Å². The Bertz CT molecular complexity index is 714. The Morgan fingerprint density at radius 1 is 1.32 bits per heavy atom. The molecule has 0 fully saturated rings. The van der Waals surface area contributed by atoms with Crippen LogP contribution in [0.3, 0.4) is 0 Å². The largest absolute Gasteiger partial charge is 0.292 e. The number of nitrogens with one attached hydrogen (secondary N) is 1. The van der Waals surface area contributed by atoms with Gasteiger partial charge in [0.05, 0.1) is 11.1 Å². The Labute approximate surface area is 114 Å². The standard InChI is InChI=1S/C12H14N6S/c1-7(2)9-3-5-18(17-9)10-8-4-6-19-11(8)15-12(14-10)16-13/h3-7H,13H2,1-2H3,(H,14,15,16). The van der Waals surface area contributed by atoms with Gasteiger partial charge < -0.3 is 0 Å². The molecule has 3 aromatic rings. The lowest BCUT2D eigenvalue weighted by molar-refractivity contribution is 0.760. The summed E-state index contributed by atoms with van der Waals surface area (Å²) in [6.45, 7) is 4.22. The molecule has 6 nitrogen and oxygen atoms in total. The van der Waals surface area contributed by atoms with Crippen LogP contribution in [0.4, 0.5) is 5.95 Å². The predicted octanol–water partition coefficient (Wildman–Crippen LogP) is 2.29. The summed E-state index contributed by atoms with van der Waals surface area (Å²) in [5, 5.41) is 7.50. The molecule has 0 radical (unpaired) electrons. The zero-order valence-corrected chi connectivity index (χ0v) is 11.5. The highest BCUT2D eigenvalue weighted by atomic mass is 32.1. The summed E-state index contributed by atoms with van der Waals surface area (Å²) in [5.74, 6) is 6.93. The fourth-order valence-corrected chi connectivity index (χ4v) is 2.60. The van der Waals surface area contributed by atoms with Gasteiger partial charge in [-0.05, 0) is 23.4 Å². The molecular formula is C12H14N6S. The van der Waals surface area contributed by atoms with Gasteiger partial charge in [-0.25, -0.2) is 15.5 Å². The number of nitrogen functional groups attached to an aromatic ring is 1. The highest BCUT2D eigenvalue weighted by Crippen LogP contribution is 2.25. The van der Waals surface area contributed by atoms with E-state index < -0.39 is 0 Å². The molecule has 7 heteroatoms. The second-order valence-electron chi connectivity index (χ2n) is 4.49. The number of fused-ring (bicyclic) bond motifs is 1. The number of hydrogen-bond acceptors (Lipinski definition) is 6. The fourth-order valence-electron chi connectivity index (χ4n) is 1.84. The molecule has 0 amide bonds. The molecule has 3 heterocycles. The minimum atomic E-state index is 0.383. The third-order valence-corrected chi connectivity index (χ3v) is 3.66. The van der Waals surface area contributed by atoms with E-state index >= 15 is 0 Å². The number of anilines is 1. The van der Waals surface area contributed by atoms with E-state index in [-0.39, 0.29) is 0 Å². The van der Waals surface area contributed by atoms with Crippen molar-refractivity contribution in [3.8, 4) is 5.82 Å². The topological polar surface area (TPSA) is 81.7 Å². The van der Waals surface area contributed by atoms with Crippen molar-refractivity contribution in [2.45, 2.75) is 19.8 Å². The maximum Gasteiger partial charge on any atom is 0.240 e. The van der Waals surface area contributed by atoms with E-state index in [1.165, 1.54) is 0 Å². The number of nitrogens with zero attached hydrogens (tertiary/aromatic N) is 4. The van der Waals surface area contributed by atoms with Crippen LogP contribution in [0, 0.1) is 0 Å². The van der Waals surface area contributed by atoms with Gasteiger partial charge in [0.1, 0.15) is 4.83 Å². The molecule has 98 valence electrons. The van der Waals surface area contributed by atoms with Crippen LogP contribution in [0.5, 0.6) is 0 Å². The first-order valence-electron chi connectivity index (χ1n) is 5.97. The molecule has 0 aliphatic carbocycles. The SMILES string of the molecule is CC(C)c1ccn(-c2nc(NN)nc3sccc23)n1. The second-order valence-corrected chi connectivity index (χ2v) is 5.39. The summed E-state index contributed by atoms with van der Waals surface area (Å²) in [4.78, 5) is 9.59. The zero-order valence-electron chi connectivity index (χ0n) is 10.7. The molecule has 0 unspecified atom stereocenters. The summed E-state index contributed by atoms with van der Waals surface area (Å²) in [5.41, 5.74) is 3.52. The zero-order chi connectivity index (χ0) is 13.4. The van der Waals surface area contributed by atoms with Gasteiger partial charge in [0.15, 0.2) is 5.82 Å². The van der Waals surface area contributed by atoms with Crippen molar-refractivity contribution in [2.24, 2.45) is 5.84 Å². The van der Waals surface area contributed by atoms with Crippen LogP contribution >= 0.6 is 11.3 Å². The molecule has 3 rings (SSSR count). The first-order valence-corrected chi connectivity index (χ1v) is 6.85. The van der Waals surface area contributed by atoms with E-state index in [1.807, 2.05) is 23.7 Å². The Morgan fingerprint density at radius 3 is 2.84 bits per heavy atom. The van der Waals surface area contributed by atoms with Gasteiger partial charge >= 0.3 is 0 Å². The van der Waals surface area contributed by atoms with Crippen molar-refractivity contribution in [1.29, 1.82) is 0 Å². The normalized spacial score (nSPS) is 11.4. The predicted molar refractivity (Wildman–Crippen MR) is 76.4 cm³/mol. The van der Waals surface area contributed by atoms with Crippen LogP contribution in [0.25, 0.3) is 16.0 Å². The molecule has 0 atom stereocenters. The smallest absolute Gasteiger partial charge is 0.240 e. The third-order valence-electron chi connectivity index (χ3n) is 2.85. The van der Waals surface area contributed by atoms with Gasteiger partial charge in [-0.15, -0.1) is 11.3 Å². The van der Waals surface area contributed by atoms with Crippen LogP contribution in [0.2, 0.25) is 0 Å². The van der Waals surface area contributed by atoms with Crippen LogP contribution in [0.15, 0.2) is 23.7 Å². The third kappa shape index (κ3) is 2.06. The molecule has 0 saturated carbocycles. The van der Waals surface area contributed by atoms with Crippen molar-refractivity contribution in [3.05, 3.63) is 29.4 Å². The van der Waals surface area contributed by atoms with Crippen LogP contribution in [-0.4, -0.2) is 19.7 Å². The van der Waals surface area contributed by atoms with Crippen molar-refractivity contribution < 1.29 is 0 Å². The molecule has 3 aromatic heterocycles. The van der Waals surface area contributed by atoms with E-state index in [1.54, 1.807) is 16.0 Å². The molecule has 0 aliphatic heterocycles. The number of rotatable bonds is 3. The van der Waals surface area contributed by atoms with Crippen LogP contribution in [0.1, 0.15) is 25.5 Å². The van der Waals surface area contributed by atoms with Gasteiger partial charge in [0.25, 0.3) is 0 Å². The van der Waals surface area contributed by atoms with Gasteiger partial charge in [-0.3, -0.25) is 5.43 Å². The van der Waals surface area contributed by atoms with Crippen molar-refractivity contribution in [3.63, 3.8) is 0 Å². The van der Waals surface area contributed by atoms with Gasteiger partial charge in [0.2, 0.25) is 5.95 Å². The average molecular weight is 274 g/mol. The van der Waals surface area contributed by atoms with Crippen molar-refractivity contribution in [1.82, 2.24) is 19.7 Å². The van der Waals surface area contributed by atoms with Crippen LogP contribution < -0.4 is 11.3 Å². The lowest BCUT2D eigenvalue weighted by Gasteiger charge is -2.05. The highest BCUT2D eigenvalue weighted by molar-refractivity contribution is 7.16. The lowest BCUT2D eigenvalue weighted by atomic mass is 10.1. The minimum absolute atomic E-state index is 0.383. The number of thiophene rings is 1.